The van der Waals surface area contributed by atoms with E-state index in [4.69, 9.17) is 4.74 Å². The number of carbonyl (C=O) groups is 2. The fourth-order valence-electron chi connectivity index (χ4n) is 2.01. The zero-order valence-corrected chi connectivity index (χ0v) is 9.63. The lowest BCUT2D eigenvalue weighted by atomic mass is 9.92. The lowest BCUT2D eigenvalue weighted by Gasteiger charge is -2.17. The van der Waals surface area contributed by atoms with Gasteiger partial charge < -0.3 is 10.1 Å². The lowest BCUT2D eigenvalue weighted by Crippen LogP contribution is -2.45. The molecule has 16 heavy (non-hydrogen) atoms. The minimum Gasteiger partial charge on any atom is -0.490 e. The highest BCUT2D eigenvalue weighted by molar-refractivity contribution is 9.10. The highest BCUT2D eigenvalue weighted by Gasteiger charge is 2.53. The number of ether oxygens (including phenoxy) is 1. The number of hydrogen-bond acceptors (Lipinski definition) is 3. The van der Waals surface area contributed by atoms with E-state index in [1.54, 1.807) is 12.1 Å². The van der Waals surface area contributed by atoms with Crippen molar-refractivity contribution in [1.29, 1.82) is 0 Å². The molecule has 3 amide bonds. The van der Waals surface area contributed by atoms with E-state index in [0.717, 1.165) is 4.47 Å². The molecule has 5 nitrogen and oxygen atoms in total. The molecule has 0 radical (unpaired) electrons. The maximum atomic E-state index is 11.8. The monoisotopic (exact) mass is 282 g/mol. The Labute approximate surface area is 99.3 Å². The average molecular weight is 283 g/mol. The van der Waals surface area contributed by atoms with E-state index in [1.165, 1.54) is 0 Å². The molecular weight excluding hydrogens is 276 g/mol. The second-order valence-electron chi connectivity index (χ2n) is 3.74. The van der Waals surface area contributed by atoms with E-state index in [2.05, 4.69) is 26.6 Å². The number of amides is 3. The fraction of sp³-hybridized carbons (Fsp3) is 0.200. The van der Waals surface area contributed by atoms with Crippen molar-refractivity contribution in [1.82, 2.24) is 10.6 Å². The SMILES string of the molecule is O=C1NC(=O)C2(COc3cc(Br)ccc32)N1. The van der Waals surface area contributed by atoms with Crippen LogP contribution < -0.4 is 15.4 Å². The first kappa shape index (κ1) is 9.65. The second-order valence-corrected chi connectivity index (χ2v) is 4.66. The van der Waals surface area contributed by atoms with E-state index in [9.17, 15) is 9.59 Å². The molecule has 0 bridgehead atoms. The van der Waals surface area contributed by atoms with Crippen LogP contribution in [0.5, 0.6) is 5.75 Å². The molecule has 2 heterocycles. The van der Waals surface area contributed by atoms with E-state index >= 15 is 0 Å². The maximum absolute atomic E-state index is 11.8. The highest BCUT2D eigenvalue weighted by Crippen LogP contribution is 2.40. The zero-order valence-electron chi connectivity index (χ0n) is 8.04. The van der Waals surface area contributed by atoms with Crippen LogP contribution >= 0.6 is 15.9 Å². The van der Waals surface area contributed by atoms with Gasteiger partial charge in [0.2, 0.25) is 0 Å². The van der Waals surface area contributed by atoms with Crippen molar-refractivity contribution in [3.63, 3.8) is 0 Å². The van der Waals surface area contributed by atoms with Crippen LogP contribution in [0.25, 0.3) is 0 Å². The Hall–Kier alpha value is -1.56. The molecule has 2 N–H and O–H groups in total. The Morgan fingerprint density at radius 3 is 2.88 bits per heavy atom. The summed E-state index contributed by atoms with van der Waals surface area (Å²) in [5.74, 6) is 0.255. The smallest absolute Gasteiger partial charge is 0.322 e. The Kier molecular flexibility index (Phi) is 1.79. The average Bonchev–Trinajstić information content (AvgIpc) is 2.70. The van der Waals surface area contributed by atoms with Crippen LogP contribution in [0.1, 0.15) is 5.56 Å². The third-order valence-electron chi connectivity index (χ3n) is 2.79. The number of carbonyl (C=O) groups excluding carboxylic acids is 2. The molecule has 0 saturated carbocycles. The molecule has 82 valence electrons. The van der Waals surface area contributed by atoms with E-state index in [-0.39, 0.29) is 12.5 Å². The molecule has 1 aromatic carbocycles. The fourth-order valence-corrected chi connectivity index (χ4v) is 2.35. The van der Waals surface area contributed by atoms with Crippen molar-refractivity contribution in [3.8, 4) is 5.75 Å². The van der Waals surface area contributed by atoms with Gasteiger partial charge in [0, 0.05) is 10.0 Å². The van der Waals surface area contributed by atoms with Crippen LogP contribution in [0.4, 0.5) is 4.79 Å². The summed E-state index contributed by atoms with van der Waals surface area (Å²) < 4.78 is 6.30. The van der Waals surface area contributed by atoms with Gasteiger partial charge in [-0.2, -0.15) is 0 Å². The molecule has 1 fully saturated rings. The van der Waals surface area contributed by atoms with Gasteiger partial charge in [0.15, 0.2) is 5.54 Å². The molecule has 1 unspecified atom stereocenters. The van der Waals surface area contributed by atoms with Crippen LogP contribution in [-0.4, -0.2) is 18.5 Å². The first-order valence-corrected chi connectivity index (χ1v) is 5.47. The minimum atomic E-state index is -1.05. The van der Waals surface area contributed by atoms with Crippen molar-refractivity contribution in [2.24, 2.45) is 0 Å². The molecule has 2 aliphatic heterocycles. The van der Waals surface area contributed by atoms with Gasteiger partial charge in [0.25, 0.3) is 5.91 Å². The predicted molar refractivity (Wildman–Crippen MR) is 58.0 cm³/mol. The first-order valence-electron chi connectivity index (χ1n) is 4.68. The number of rotatable bonds is 0. The number of imide groups is 1. The van der Waals surface area contributed by atoms with Gasteiger partial charge in [-0.15, -0.1) is 0 Å². The molecular formula is C10H7BrN2O3. The number of halogens is 1. The standard InChI is InChI=1S/C10H7BrN2O3/c11-5-1-2-6-7(3-5)16-4-10(6)8(14)12-9(15)13-10/h1-3H,4H2,(H2,12,13,14,15). The third kappa shape index (κ3) is 1.10. The van der Waals surface area contributed by atoms with Gasteiger partial charge in [0.05, 0.1) is 0 Å². The van der Waals surface area contributed by atoms with Gasteiger partial charge in [-0.25, -0.2) is 4.79 Å². The summed E-state index contributed by atoms with van der Waals surface area (Å²) in [7, 11) is 0. The number of fused-ring (bicyclic) bond motifs is 2. The van der Waals surface area contributed by atoms with Crippen LogP contribution in [0.2, 0.25) is 0 Å². The van der Waals surface area contributed by atoms with Gasteiger partial charge in [-0.05, 0) is 12.1 Å². The molecule has 6 heteroatoms. The number of benzene rings is 1. The lowest BCUT2D eigenvalue weighted by molar-refractivity contribution is -0.124. The molecule has 0 aromatic heterocycles. The van der Waals surface area contributed by atoms with Crippen LogP contribution in [-0.2, 0) is 10.3 Å². The van der Waals surface area contributed by atoms with E-state index in [1.807, 2.05) is 6.07 Å². The summed E-state index contributed by atoms with van der Waals surface area (Å²) in [4.78, 5) is 23.0. The van der Waals surface area contributed by atoms with Gasteiger partial charge in [-0.1, -0.05) is 22.0 Å². The Bertz CT molecular complexity index is 517. The van der Waals surface area contributed by atoms with Crippen molar-refractivity contribution in [2.75, 3.05) is 6.61 Å². The van der Waals surface area contributed by atoms with Crippen molar-refractivity contribution in [2.45, 2.75) is 5.54 Å². The quantitative estimate of drug-likeness (QED) is 0.694. The van der Waals surface area contributed by atoms with Gasteiger partial charge in [0.1, 0.15) is 12.4 Å². The largest absolute Gasteiger partial charge is 0.490 e. The van der Waals surface area contributed by atoms with Crippen molar-refractivity contribution < 1.29 is 14.3 Å². The third-order valence-corrected chi connectivity index (χ3v) is 3.28. The van der Waals surface area contributed by atoms with Crippen LogP contribution in [0.3, 0.4) is 0 Å². The van der Waals surface area contributed by atoms with Crippen molar-refractivity contribution >= 4 is 27.9 Å². The normalized spacial score (nSPS) is 26.3. The summed E-state index contributed by atoms with van der Waals surface area (Å²) in [6, 6.07) is 4.89. The molecule has 1 spiro atoms. The molecule has 1 aromatic rings. The Morgan fingerprint density at radius 1 is 1.38 bits per heavy atom. The molecule has 1 saturated heterocycles. The summed E-state index contributed by atoms with van der Waals surface area (Å²) in [6.45, 7) is 0.135. The molecule has 0 aliphatic carbocycles. The summed E-state index contributed by atoms with van der Waals surface area (Å²) in [5.41, 5.74) is -0.355. The Morgan fingerprint density at radius 2 is 2.19 bits per heavy atom. The van der Waals surface area contributed by atoms with Crippen LogP contribution in [0.15, 0.2) is 22.7 Å². The molecule has 3 rings (SSSR count). The van der Waals surface area contributed by atoms with E-state index in [0.29, 0.717) is 11.3 Å². The molecule has 1 atom stereocenters. The number of urea groups is 1. The maximum Gasteiger partial charge on any atom is 0.322 e. The van der Waals surface area contributed by atoms with Crippen LogP contribution in [0, 0.1) is 0 Å². The zero-order chi connectivity index (χ0) is 11.3. The van der Waals surface area contributed by atoms with Gasteiger partial charge >= 0.3 is 6.03 Å². The van der Waals surface area contributed by atoms with Gasteiger partial charge in [-0.3, -0.25) is 10.1 Å². The summed E-state index contributed by atoms with van der Waals surface area (Å²) in [5, 5.41) is 4.84. The predicted octanol–water partition coefficient (Wildman–Crippen LogP) is 0.876. The molecule has 2 aliphatic rings. The number of nitrogens with one attached hydrogen (secondary N) is 2. The summed E-state index contributed by atoms with van der Waals surface area (Å²) >= 11 is 3.32. The minimum absolute atomic E-state index is 0.135. The van der Waals surface area contributed by atoms with Crippen molar-refractivity contribution in [3.05, 3.63) is 28.2 Å². The second kappa shape index (κ2) is 2.98. The summed E-state index contributed by atoms with van der Waals surface area (Å²) in [6.07, 6.45) is 0. The first-order chi connectivity index (χ1) is 7.62. The van der Waals surface area contributed by atoms with E-state index < -0.39 is 11.6 Å². The number of hydrogen-bond donors (Lipinski definition) is 2. The topological polar surface area (TPSA) is 67.4 Å². The Balaban J connectivity index is 2.15. The highest BCUT2D eigenvalue weighted by atomic mass is 79.9.